The van der Waals surface area contributed by atoms with Crippen molar-refractivity contribution in [1.82, 2.24) is 9.88 Å². The summed E-state index contributed by atoms with van der Waals surface area (Å²) in [5.74, 6) is -0.530. The highest BCUT2D eigenvalue weighted by Crippen LogP contribution is 2.22. The van der Waals surface area contributed by atoms with E-state index in [0.717, 1.165) is 12.0 Å². The number of benzene rings is 1. The van der Waals surface area contributed by atoms with Crippen molar-refractivity contribution in [2.45, 2.75) is 26.0 Å². The van der Waals surface area contributed by atoms with Crippen LogP contribution in [0.1, 0.15) is 17.7 Å². The topological polar surface area (TPSA) is 51.7 Å². The average molecular weight is 330 g/mol. The van der Waals surface area contributed by atoms with Crippen LogP contribution < -0.4 is 4.74 Å². The van der Waals surface area contributed by atoms with E-state index in [1.807, 2.05) is 30.3 Å². The number of ether oxygens (including phenoxy) is 2. The van der Waals surface area contributed by atoms with Gasteiger partial charge >= 0.3 is 6.09 Å². The van der Waals surface area contributed by atoms with Crippen LogP contribution in [0.2, 0.25) is 0 Å². The van der Waals surface area contributed by atoms with Crippen molar-refractivity contribution in [3.63, 3.8) is 0 Å². The molecule has 1 aromatic carbocycles. The number of rotatable bonds is 5. The van der Waals surface area contributed by atoms with Crippen LogP contribution in [0.4, 0.5) is 9.18 Å². The molecule has 2 aromatic rings. The molecule has 24 heavy (non-hydrogen) atoms. The maximum absolute atomic E-state index is 13.6. The van der Waals surface area contributed by atoms with Crippen LogP contribution >= 0.6 is 0 Å². The SMILES string of the molecule is Cc1ccc(OC[C@H]2CCN2C(=O)OCc2ccccc2)c(F)n1. The largest absolute Gasteiger partial charge is 0.487 e. The number of nitrogens with zero attached hydrogens (tertiary/aromatic N) is 2. The first-order chi connectivity index (χ1) is 11.6. The quantitative estimate of drug-likeness (QED) is 0.789. The fourth-order valence-corrected chi connectivity index (χ4v) is 2.46. The molecule has 1 aliphatic heterocycles. The fraction of sp³-hybridized carbons (Fsp3) is 0.333. The van der Waals surface area contributed by atoms with Gasteiger partial charge in [0.05, 0.1) is 6.04 Å². The Morgan fingerprint density at radius 2 is 2.08 bits per heavy atom. The second-order valence-corrected chi connectivity index (χ2v) is 5.73. The molecule has 0 radical (unpaired) electrons. The van der Waals surface area contributed by atoms with Gasteiger partial charge in [-0.3, -0.25) is 0 Å². The minimum atomic E-state index is -0.632. The number of aryl methyl sites for hydroxylation is 1. The van der Waals surface area contributed by atoms with Crippen molar-refractivity contribution in [2.75, 3.05) is 13.2 Å². The molecule has 1 aliphatic rings. The van der Waals surface area contributed by atoms with Gasteiger partial charge in [-0.25, -0.2) is 9.78 Å². The molecule has 1 amide bonds. The van der Waals surface area contributed by atoms with Crippen molar-refractivity contribution in [1.29, 1.82) is 0 Å². The molecule has 3 rings (SSSR count). The normalized spacial score (nSPS) is 16.4. The molecule has 2 heterocycles. The van der Waals surface area contributed by atoms with Crippen molar-refractivity contribution in [2.24, 2.45) is 0 Å². The fourth-order valence-electron chi connectivity index (χ4n) is 2.46. The highest BCUT2D eigenvalue weighted by atomic mass is 19.1. The first-order valence-electron chi connectivity index (χ1n) is 7.87. The molecule has 0 spiro atoms. The van der Waals surface area contributed by atoms with E-state index in [0.29, 0.717) is 12.2 Å². The molecule has 0 saturated carbocycles. The number of halogens is 1. The van der Waals surface area contributed by atoms with Gasteiger partial charge in [-0.05, 0) is 31.0 Å². The zero-order valence-electron chi connectivity index (χ0n) is 13.4. The van der Waals surface area contributed by atoms with Gasteiger partial charge in [0.1, 0.15) is 13.2 Å². The zero-order valence-corrected chi connectivity index (χ0v) is 13.4. The number of carbonyl (C=O) groups is 1. The molecular formula is C18H19FN2O3. The van der Waals surface area contributed by atoms with Gasteiger partial charge < -0.3 is 14.4 Å². The first kappa shape index (κ1) is 16.2. The lowest BCUT2D eigenvalue weighted by atomic mass is 10.1. The molecule has 1 aromatic heterocycles. The lowest BCUT2D eigenvalue weighted by Gasteiger charge is -2.39. The summed E-state index contributed by atoms with van der Waals surface area (Å²) >= 11 is 0. The Bertz CT molecular complexity index is 709. The number of hydrogen-bond acceptors (Lipinski definition) is 4. The lowest BCUT2D eigenvalue weighted by Crippen LogP contribution is -2.54. The maximum Gasteiger partial charge on any atom is 0.410 e. The number of likely N-dealkylation sites (tertiary alicyclic amines) is 1. The molecule has 5 nitrogen and oxygen atoms in total. The van der Waals surface area contributed by atoms with E-state index in [4.69, 9.17) is 9.47 Å². The van der Waals surface area contributed by atoms with Crippen molar-refractivity contribution < 1.29 is 18.7 Å². The number of carbonyl (C=O) groups excluding carboxylic acids is 1. The van der Waals surface area contributed by atoms with Crippen molar-refractivity contribution in [3.05, 3.63) is 59.7 Å². The number of hydrogen-bond donors (Lipinski definition) is 0. The van der Waals surface area contributed by atoms with Gasteiger partial charge in [0.15, 0.2) is 5.75 Å². The zero-order chi connectivity index (χ0) is 16.9. The smallest absolute Gasteiger partial charge is 0.410 e. The Morgan fingerprint density at radius 1 is 1.29 bits per heavy atom. The number of aromatic nitrogens is 1. The van der Waals surface area contributed by atoms with Crippen LogP contribution in [0.15, 0.2) is 42.5 Å². The summed E-state index contributed by atoms with van der Waals surface area (Å²) in [6.07, 6.45) is 0.433. The van der Waals surface area contributed by atoms with Crippen LogP contribution in [-0.2, 0) is 11.3 Å². The Labute approximate surface area is 140 Å². The van der Waals surface area contributed by atoms with E-state index in [-0.39, 0.29) is 31.1 Å². The Morgan fingerprint density at radius 3 is 2.75 bits per heavy atom. The minimum Gasteiger partial charge on any atom is -0.487 e. The summed E-state index contributed by atoms with van der Waals surface area (Å²) in [5.41, 5.74) is 1.53. The third kappa shape index (κ3) is 3.82. The van der Waals surface area contributed by atoms with E-state index < -0.39 is 5.95 Å². The predicted molar refractivity (Wildman–Crippen MR) is 86.2 cm³/mol. The Hall–Kier alpha value is -2.63. The summed E-state index contributed by atoms with van der Waals surface area (Å²) in [4.78, 5) is 17.4. The van der Waals surface area contributed by atoms with Gasteiger partial charge in [-0.1, -0.05) is 30.3 Å². The summed E-state index contributed by atoms with van der Waals surface area (Å²) < 4.78 is 24.4. The van der Waals surface area contributed by atoms with Crippen LogP contribution in [0, 0.1) is 12.9 Å². The predicted octanol–water partition coefficient (Wildman–Crippen LogP) is 3.32. The van der Waals surface area contributed by atoms with Crippen LogP contribution in [0.5, 0.6) is 5.75 Å². The second kappa shape index (κ2) is 7.29. The molecule has 126 valence electrons. The summed E-state index contributed by atoms with van der Waals surface area (Å²) in [7, 11) is 0. The van der Waals surface area contributed by atoms with E-state index in [1.54, 1.807) is 24.0 Å². The average Bonchev–Trinajstić information content (AvgIpc) is 2.55. The van der Waals surface area contributed by atoms with E-state index in [1.165, 1.54) is 0 Å². The van der Waals surface area contributed by atoms with Gasteiger partial charge in [0.25, 0.3) is 5.95 Å². The molecular weight excluding hydrogens is 311 g/mol. The van der Waals surface area contributed by atoms with E-state index in [2.05, 4.69) is 4.98 Å². The molecule has 0 unspecified atom stereocenters. The maximum atomic E-state index is 13.6. The van der Waals surface area contributed by atoms with E-state index in [9.17, 15) is 9.18 Å². The van der Waals surface area contributed by atoms with Gasteiger partial charge in [0, 0.05) is 12.2 Å². The van der Waals surface area contributed by atoms with Crippen molar-refractivity contribution >= 4 is 6.09 Å². The molecule has 1 fully saturated rings. The van der Waals surface area contributed by atoms with Crippen LogP contribution in [-0.4, -0.2) is 35.2 Å². The number of pyridine rings is 1. The molecule has 1 saturated heterocycles. The molecule has 0 aliphatic carbocycles. The van der Waals surface area contributed by atoms with Crippen molar-refractivity contribution in [3.8, 4) is 5.75 Å². The third-order valence-corrected chi connectivity index (χ3v) is 3.97. The minimum absolute atomic E-state index is 0.102. The van der Waals surface area contributed by atoms with Gasteiger partial charge in [-0.2, -0.15) is 4.39 Å². The monoisotopic (exact) mass is 330 g/mol. The number of amides is 1. The molecule has 6 heteroatoms. The van der Waals surface area contributed by atoms with Crippen LogP contribution in [0.25, 0.3) is 0 Å². The molecule has 0 bridgehead atoms. The molecule has 1 atom stereocenters. The Balaban J connectivity index is 1.48. The second-order valence-electron chi connectivity index (χ2n) is 5.73. The van der Waals surface area contributed by atoms with Crippen LogP contribution in [0.3, 0.4) is 0 Å². The Kier molecular flexibility index (Phi) is 4.93. The highest BCUT2D eigenvalue weighted by Gasteiger charge is 2.34. The summed E-state index contributed by atoms with van der Waals surface area (Å²) in [5, 5.41) is 0. The lowest BCUT2D eigenvalue weighted by molar-refractivity contribution is 0.0253. The standard InChI is InChI=1S/C18H19FN2O3/c1-13-7-8-16(17(19)20-13)23-12-15-9-10-21(15)18(22)24-11-14-5-3-2-4-6-14/h2-8,15H,9-12H2,1H3/t15-/m1/s1. The van der Waals surface area contributed by atoms with Gasteiger partial charge in [-0.15, -0.1) is 0 Å². The van der Waals surface area contributed by atoms with E-state index >= 15 is 0 Å². The third-order valence-electron chi connectivity index (χ3n) is 3.97. The van der Waals surface area contributed by atoms with Gasteiger partial charge in [0.2, 0.25) is 0 Å². The summed E-state index contributed by atoms with van der Waals surface area (Å²) in [6, 6.07) is 12.6. The first-order valence-corrected chi connectivity index (χ1v) is 7.87. The summed E-state index contributed by atoms with van der Waals surface area (Å²) in [6.45, 7) is 2.79. The molecule has 0 N–H and O–H groups in total. The highest BCUT2D eigenvalue weighted by molar-refractivity contribution is 5.69.